The van der Waals surface area contributed by atoms with E-state index in [1.54, 1.807) is 13.2 Å². The summed E-state index contributed by atoms with van der Waals surface area (Å²) >= 11 is 0. The number of aryl methyl sites for hydroxylation is 1. The van der Waals surface area contributed by atoms with Crippen LogP contribution in [0.4, 0.5) is 0 Å². The maximum absolute atomic E-state index is 5.60. The molecule has 0 aliphatic carbocycles. The van der Waals surface area contributed by atoms with Gasteiger partial charge in [0.15, 0.2) is 0 Å². The topological polar surface area (TPSA) is 72.3 Å². The van der Waals surface area contributed by atoms with Crippen molar-refractivity contribution in [2.75, 3.05) is 20.8 Å². The average molecular weight is 314 g/mol. The Morgan fingerprint density at radius 2 is 2.26 bits per heavy atom. The fourth-order valence-corrected chi connectivity index (χ4v) is 2.03. The molecule has 0 aromatic carbocycles. The van der Waals surface area contributed by atoms with E-state index in [-0.39, 0.29) is 7.43 Å². The molecule has 0 amide bonds. The molecule has 0 saturated heterocycles. The van der Waals surface area contributed by atoms with Crippen LogP contribution < -0.4 is 5.73 Å². The summed E-state index contributed by atoms with van der Waals surface area (Å²) in [7, 11) is 3.69. The summed E-state index contributed by atoms with van der Waals surface area (Å²) in [5.74, 6) is 0. The largest absolute Gasteiger partial charge is 0.368 e. The third-order valence-electron chi connectivity index (χ3n) is 3.31. The van der Waals surface area contributed by atoms with Crippen molar-refractivity contribution in [3.63, 3.8) is 0 Å². The van der Waals surface area contributed by atoms with Gasteiger partial charge in [0.25, 0.3) is 0 Å². The highest BCUT2D eigenvalue weighted by Gasteiger charge is 2.14. The van der Waals surface area contributed by atoms with Gasteiger partial charge in [-0.25, -0.2) is 0 Å². The lowest BCUT2D eigenvalue weighted by atomic mass is 10.1. The van der Waals surface area contributed by atoms with Gasteiger partial charge in [-0.05, 0) is 25.1 Å². The Labute approximate surface area is 138 Å². The number of aliphatic imine (C=N–C) groups is 1. The monoisotopic (exact) mass is 314 g/mol. The summed E-state index contributed by atoms with van der Waals surface area (Å²) in [5.41, 5.74) is 9.30. The van der Waals surface area contributed by atoms with Crippen LogP contribution in [0.1, 0.15) is 19.9 Å². The second-order valence-electron chi connectivity index (χ2n) is 4.85. The van der Waals surface area contributed by atoms with Crippen molar-refractivity contribution in [1.82, 2.24) is 19.7 Å². The van der Waals surface area contributed by atoms with Crippen LogP contribution in [0.25, 0.3) is 11.3 Å². The summed E-state index contributed by atoms with van der Waals surface area (Å²) in [6.07, 6.45) is 9.44. The molecule has 2 aromatic heterocycles. The SMILES string of the molecule is C.CCn1cc(C(/C=C\N(C)CN)=NC)c(-c2cccnc2)n1. The van der Waals surface area contributed by atoms with Gasteiger partial charge in [-0.2, -0.15) is 5.10 Å². The zero-order valence-corrected chi connectivity index (χ0v) is 13.3. The molecule has 23 heavy (non-hydrogen) atoms. The Kier molecular flexibility index (Phi) is 7.15. The van der Waals surface area contributed by atoms with Gasteiger partial charge in [0, 0.05) is 56.6 Å². The van der Waals surface area contributed by atoms with E-state index in [0.717, 1.165) is 29.1 Å². The maximum Gasteiger partial charge on any atom is 0.103 e. The minimum Gasteiger partial charge on any atom is -0.368 e. The summed E-state index contributed by atoms with van der Waals surface area (Å²) in [6.45, 7) is 3.32. The predicted octanol–water partition coefficient (Wildman–Crippen LogP) is 2.38. The molecular weight excluding hydrogens is 288 g/mol. The molecule has 6 nitrogen and oxygen atoms in total. The van der Waals surface area contributed by atoms with E-state index in [1.165, 1.54) is 0 Å². The van der Waals surface area contributed by atoms with Crippen LogP contribution in [0.3, 0.4) is 0 Å². The number of pyridine rings is 1. The van der Waals surface area contributed by atoms with Crippen molar-refractivity contribution in [2.45, 2.75) is 20.9 Å². The number of allylic oxidation sites excluding steroid dienone is 1. The third-order valence-corrected chi connectivity index (χ3v) is 3.31. The van der Waals surface area contributed by atoms with Gasteiger partial charge in [-0.15, -0.1) is 0 Å². The maximum atomic E-state index is 5.60. The molecule has 0 bridgehead atoms. The van der Waals surface area contributed by atoms with Gasteiger partial charge >= 0.3 is 0 Å². The number of hydrogen-bond donors (Lipinski definition) is 1. The Balaban J connectivity index is 0.00000264. The number of rotatable bonds is 6. The van der Waals surface area contributed by atoms with Crippen LogP contribution in [0.15, 0.2) is 48.0 Å². The third kappa shape index (κ3) is 4.50. The van der Waals surface area contributed by atoms with Crippen molar-refractivity contribution in [1.29, 1.82) is 0 Å². The highest BCUT2D eigenvalue weighted by molar-refractivity contribution is 6.12. The van der Waals surface area contributed by atoms with Crippen LogP contribution >= 0.6 is 0 Å². The molecule has 0 aliphatic rings. The lowest BCUT2D eigenvalue weighted by Gasteiger charge is -2.09. The van der Waals surface area contributed by atoms with Crippen LogP contribution in [0.5, 0.6) is 0 Å². The first kappa shape index (κ1) is 18.6. The molecule has 2 aromatic rings. The van der Waals surface area contributed by atoms with Gasteiger partial charge in [-0.1, -0.05) is 7.43 Å². The number of nitrogens with two attached hydrogens (primary N) is 1. The highest BCUT2D eigenvalue weighted by Crippen LogP contribution is 2.22. The van der Waals surface area contributed by atoms with E-state index >= 15 is 0 Å². The van der Waals surface area contributed by atoms with E-state index in [4.69, 9.17) is 5.73 Å². The van der Waals surface area contributed by atoms with Crippen LogP contribution in [-0.4, -0.2) is 46.1 Å². The van der Waals surface area contributed by atoms with Gasteiger partial charge in [0.2, 0.25) is 0 Å². The smallest absolute Gasteiger partial charge is 0.103 e. The molecule has 0 atom stereocenters. The Morgan fingerprint density at radius 1 is 1.48 bits per heavy atom. The molecule has 124 valence electrons. The zero-order valence-electron chi connectivity index (χ0n) is 13.3. The number of nitrogens with zero attached hydrogens (tertiary/aromatic N) is 5. The number of aromatic nitrogens is 3. The van der Waals surface area contributed by atoms with Gasteiger partial charge < -0.3 is 10.6 Å². The highest BCUT2D eigenvalue weighted by atomic mass is 15.3. The Bertz CT molecular complexity index is 657. The Morgan fingerprint density at radius 3 is 2.83 bits per heavy atom. The lowest BCUT2D eigenvalue weighted by Crippen LogP contribution is -2.20. The first-order valence-corrected chi connectivity index (χ1v) is 7.23. The van der Waals surface area contributed by atoms with Crippen LogP contribution in [0.2, 0.25) is 0 Å². The summed E-state index contributed by atoms with van der Waals surface area (Å²) in [6, 6.07) is 3.91. The summed E-state index contributed by atoms with van der Waals surface area (Å²) < 4.78 is 1.91. The molecule has 2 heterocycles. The minimum absolute atomic E-state index is 0. The van der Waals surface area contributed by atoms with Crippen molar-refractivity contribution < 1.29 is 0 Å². The molecule has 0 saturated carbocycles. The zero-order chi connectivity index (χ0) is 15.9. The lowest BCUT2D eigenvalue weighted by molar-refractivity contribution is 0.472. The van der Waals surface area contributed by atoms with E-state index in [0.29, 0.717) is 6.67 Å². The van der Waals surface area contributed by atoms with Crippen LogP contribution in [-0.2, 0) is 6.54 Å². The summed E-state index contributed by atoms with van der Waals surface area (Å²) in [5, 5.41) is 4.64. The Hall–Kier alpha value is -2.47. The first-order valence-electron chi connectivity index (χ1n) is 7.23. The van der Waals surface area contributed by atoms with Gasteiger partial charge in [-0.3, -0.25) is 14.7 Å². The van der Waals surface area contributed by atoms with Crippen molar-refractivity contribution in [3.8, 4) is 11.3 Å². The van der Waals surface area contributed by atoms with Crippen molar-refractivity contribution >= 4 is 5.71 Å². The number of hydrogen-bond acceptors (Lipinski definition) is 5. The van der Waals surface area contributed by atoms with E-state index < -0.39 is 0 Å². The van der Waals surface area contributed by atoms with E-state index in [1.807, 2.05) is 53.4 Å². The first-order chi connectivity index (χ1) is 10.7. The second-order valence-corrected chi connectivity index (χ2v) is 4.85. The van der Waals surface area contributed by atoms with E-state index in [2.05, 4.69) is 22.0 Å². The van der Waals surface area contributed by atoms with E-state index in [9.17, 15) is 0 Å². The molecule has 6 heteroatoms. The fraction of sp³-hybridized carbons (Fsp3) is 0.353. The average Bonchev–Trinajstić information content (AvgIpc) is 3.00. The molecule has 0 radical (unpaired) electrons. The van der Waals surface area contributed by atoms with Crippen LogP contribution in [0, 0.1) is 0 Å². The fourth-order valence-electron chi connectivity index (χ4n) is 2.03. The minimum atomic E-state index is 0. The van der Waals surface area contributed by atoms with Gasteiger partial charge in [0.1, 0.15) is 5.69 Å². The molecule has 0 fully saturated rings. The summed E-state index contributed by atoms with van der Waals surface area (Å²) in [4.78, 5) is 10.5. The van der Waals surface area contributed by atoms with Crippen molar-refractivity contribution in [2.24, 2.45) is 10.7 Å². The molecule has 0 aliphatic heterocycles. The second kappa shape index (κ2) is 8.85. The normalized spacial score (nSPS) is 11.6. The van der Waals surface area contributed by atoms with Crippen molar-refractivity contribution in [3.05, 3.63) is 48.6 Å². The molecule has 0 unspecified atom stereocenters. The molecular formula is C17H26N6. The molecule has 2 rings (SSSR count). The quantitative estimate of drug-likeness (QED) is 0.656. The molecule has 2 N–H and O–H groups in total. The van der Waals surface area contributed by atoms with Gasteiger partial charge in [0.05, 0.1) is 12.4 Å². The predicted molar refractivity (Wildman–Crippen MR) is 96.3 cm³/mol. The molecule has 0 spiro atoms. The standard InChI is InChI=1S/C16H22N6.CH4/c1-4-22-11-14(15(18-2)7-9-21(3)12-17)16(20-22)13-6-5-8-19-10-13;/h5-11H,4,12,17H2,1-3H3;1H4/b9-7-,18-15?;.